The summed E-state index contributed by atoms with van der Waals surface area (Å²) < 4.78 is 27.8. The third-order valence-electron chi connectivity index (χ3n) is 2.40. The van der Waals surface area contributed by atoms with Gasteiger partial charge in [-0.05, 0) is 13.3 Å². The zero-order valence-corrected chi connectivity index (χ0v) is 10.6. The van der Waals surface area contributed by atoms with Gasteiger partial charge in [-0.3, -0.25) is 4.68 Å². The number of nitrogens with one attached hydrogen (secondary N) is 1. The fourth-order valence-electron chi connectivity index (χ4n) is 1.40. The molecule has 3 N–H and O–H groups in total. The number of sulfonamides is 1. The summed E-state index contributed by atoms with van der Waals surface area (Å²) in [6.45, 7) is 4.10. The molecule has 0 amide bonds. The van der Waals surface area contributed by atoms with Gasteiger partial charge in [0.05, 0.1) is 5.69 Å². The normalized spacial score (nSPS) is 11.9. The number of nitrogen functional groups attached to an aromatic ring is 1. The van der Waals surface area contributed by atoms with Gasteiger partial charge in [-0.1, -0.05) is 13.3 Å². The van der Waals surface area contributed by atoms with Crippen molar-refractivity contribution < 1.29 is 8.42 Å². The lowest BCUT2D eigenvalue weighted by molar-refractivity contribution is 0.577. The van der Waals surface area contributed by atoms with Crippen LogP contribution in [0.5, 0.6) is 0 Å². The zero-order chi connectivity index (χ0) is 12.3. The molecule has 16 heavy (non-hydrogen) atoms. The molecule has 1 heterocycles. The Hall–Kier alpha value is -1.08. The summed E-state index contributed by atoms with van der Waals surface area (Å²) in [6.07, 6.45) is 1.74. The molecule has 0 saturated heterocycles. The van der Waals surface area contributed by atoms with E-state index in [-0.39, 0.29) is 10.7 Å². The number of hydrogen-bond donors (Lipinski definition) is 2. The lowest BCUT2D eigenvalue weighted by Gasteiger charge is -2.05. The highest BCUT2D eigenvalue weighted by Crippen LogP contribution is 2.20. The largest absolute Gasteiger partial charge is 0.381 e. The molecule has 0 aliphatic rings. The molecule has 0 fully saturated rings. The molecule has 7 heteroatoms. The number of unbranched alkanes of at least 4 members (excludes halogenated alkanes) is 1. The molecule has 0 aliphatic heterocycles. The van der Waals surface area contributed by atoms with Crippen LogP contribution in [-0.2, 0) is 17.1 Å². The highest BCUT2D eigenvalue weighted by molar-refractivity contribution is 7.89. The number of nitrogens with two attached hydrogens (primary N) is 1. The molecule has 0 aromatic carbocycles. The first kappa shape index (κ1) is 13.0. The number of anilines is 1. The van der Waals surface area contributed by atoms with Crippen molar-refractivity contribution in [3.63, 3.8) is 0 Å². The Morgan fingerprint density at radius 2 is 2.12 bits per heavy atom. The first-order valence-electron chi connectivity index (χ1n) is 5.19. The highest BCUT2D eigenvalue weighted by Gasteiger charge is 2.23. The molecule has 1 rings (SSSR count). The first-order valence-corrected chi connectivity index (χ1v) is 6.67. The topological polar surface area (TPSA) is 90.0 Å². The van der Waals surface area contributed by atoms with Gasteiger partial charge in [-0.2, -0.15) is 5.10 Å². The zero-order valence-electron chi connectivity index (χ0n) is 9.82. The van der Waals surface area contributed by atoms with Crippen LogP contribution in [0.15, 0.2) is 4.90 Å². The summed E-state index contributed by atoms with van der Waals surface area (Å²) in [4.78, 5) is 0.0890. The maximum Gasteiger partial charge on any atom is 0.246 e. The fraction of sp³-hybridized carbons (Fsp3) is 0.667. The number of hydrogen-bond acceptors (Lipinski definition) is 4. The molecule has 0 unspecified atom stereocenters. The van der Waals surface area contributed by atoms with Crippen molar-refractivity contribution in [2.24, 2.45) is 7.05 Å². The molecule has 0 radical (unpaired) electrons. The third-order valence-corrected chi connectivity index (χ3v) is 4.02. The van der Waals surface area contributed by atoms with E-state index in [4.69, 9.17) is 5.73 Å². The summed E-state index contributed by atoms with van der Waals surface area (Å²) in [6, 6.07) is 0. The quantitative estimate of drug-likeness (QED) is 0.735. The SMILES string of the molecule is CCCCNS(=O)(=O)c1c(N)nn(C)c1C. The van der Waals surface area contributed by atoms with Crippen molar-refractivity contribution in [2.75, 3.05) is 12.3 Å². The van der Waals surface area contributed by atoms with Gasteiger partial charge in [-0.15, -0.1) is 0 Å². The van der Waals surface area contributed by atoms with E-state index in [0.29, 0.717) is 12.2 Å². The maximum absolute atomic E-state index is 11.9. The van der Waals surface area contributed by atoms with Gasteiger partial charge < -0.3 is 5.73 Å². The Kier molecular flexibility index (Phi) is 3.93. The van der Waals surface area contributed by atoms with Crippen molar-refractivity contribution in [1.29, 1.82) is 0 Å². The van der Waals surface area contributed by atoms with Gasteiger partial charge in [0.25, 0.3) is 0 Å². The Bertz CT molecular complexity index is 464. The van der Waals surface area contributed by atoms with Crippen LogP contribution in [0, 0.1) is 6.92 Å². The van der Waals surface area contributed by atoms with Crippen LogP contribution < -0.4 is 10.5 Å². The molecule has 1 aromatic heterocycles. The Morgan fingerprint density at radius 1 is 1.50 bits per heavy atom. The molecule has 0 spiro atoms. The summed E-state index contributed by atoms with van der Waals surface area (Å²) in [5.74, 6) is 0.0454. The molecular formula is C9H18N4O2S. The van der Waals surface area contributed by atoms with E-state index in [2.05, 4.69) is 9.82 Å². The standard InChI is InChI=1S/C9H18N4O2S/c1-4-5-6-11-16(14,15)8-7(2)13(3)12-9(8)10/h11H,4-6H2,1-3H3,(H2,10,12). The van der Waals surface area contributed by atoms with Gasteiger partial charge in [0.2, 0.25) is 10.0 Å². The highest BCUT2D eigenvalue weighted by atomic mass is 32.2. The minimum Gasteiger partial charge on any atom is -0.381 e. The van der Waals surface area contributed by atoms with Crippen molar-refractivity contribution in [2.45, 2.75) is 31.6 Å². The van der Waals surface area contributed by atoms with Crippen molar-refractivity contribution in [1.82, 2.24) is 14.5 Å². The van der Waals surface area contributed by atoms with Gasteiger partial charge in [0.15, 0.2) is 5.82 Å². The molecule has 0 bridgehead atoms. The molecule has 0 aliphatic carbocycles. The summed E-state index contributed by atoms with van der Waals surface area (Å²) in [5, 5.41) is 3.88. The molecule has 6 nitrogen and oxygen atoms in total. The Morgan fingerprint density at radius 3 is 2.56 bits per heavy atom. The van der Waals surface area contributed by atoms with E-state index in [1.54, 1.807) is 14.0 Å². The second-order valence-corrected chi connectivity index (χ2v) is 5.38. The lowest BCUT2D eigenvalue weighted by atomic mass is 10.3. The smallest absolute Gasteiger partial charge is 0.246 e. The van der Waals surface area contributed by atoms with E-state index in [9.17, 15) is 8.42 Å². The minimum atomic E-state index is -3.53. The van der Waals surface area contributed by atoms with E-state index in [0.717, 1.165) is 12.8 Å². The second kappa shape index (κ2) is 4.84. The minimum absolute atomic E-state index is 0.0454. The van der Waals surface area contributed by atoms with E-state index in [1.807, 2.05) is 6.92 Å². The van der Waals surface area contributed by atoms with Gasteiger partial charge in [-0.25, -0.2) is 13.1 Å². The van der Waals surface area contributed by atoms with Crippen LogP contribution in [0.3, 0.4) is 0 Å². The van der Waals surface area contributed by atoms with Crippen LogP contribution in [-0.4, -0.2) is 24.7 Å². The third kappa shape index (κ3) is 2.53. The molecule has 0 saturated carbocycles. The van der Waals surface area contributed by atoms with Crippen molar-refractivity contribution in [3.05, 3.63) is 5.69 Å². The lowest BCUT2D eigenvalue weighted by Crippen LogP contribution is -2.25. The Labute approximate surface area is 95.9 Å². The number of aryl methyl sites for hydroxylation is 1. The summed E-state index contributed by atoms with van der Waals surface area (Å²) in [5.41, 5.74) is 6.12. The number of aromatic nitrogens is 2. The van der Waals surface area contributed by atoms with Gasteiger partial charge in [0.1, 0.15) is 4.90 Å². The average Bonchev–Trinajstić information content (AvgIpc) is 2.41. The molecule has 0 atom stereocenters. The average molecular weight is 246 g/mol. The van der Waals surface area contributed by atoms with Crippen LogP contribution in [0.1, 0.15) is 25.5 Å². The maximum atomic E-state index is 11.9. The van der Waals surface area contributed by atoms with Crippen LogP contribution in [0.2, 0.25) is 0 Å². The predicted octanol–water partition coefficient (Wildman–Crippen LogP) is 0.389. The monoisotopic (exact) mass is 246 g/mol. The number of nitrogens with zero attached hydrogens (tertiary/aromatic N) is 2. The van der Waals surface area contributed by atoms with Crippen molar-refractivity contribution >= 4 is 15.8 Å². The van der Waals surface area contributed by atoms with Gasteiger partial charge in [0, 0.05) is 13.6 Å². The molecular weight excluding hydrogens is 228 g/mol. The first-order chi connectivity index (χ1) is 7.40. The fourth-order valence-corrected chi connectivity index (χ4v) is 2.80. The van der Waals surface area contributed by atoms with Crippen LogP contribution >= 0.6 is 0 Å². The van der Waals surface area contributed by atoms with Crippen LogP contribution in [0.25, 0.3) is 0 Å². The molecule has 1 aromatic rings. The molecule has 92 valence electrons. The van der Waals surface area contributed by atoms with E-state index < -0.39 is 10.0 Å². The van der Waals surface area contributed by atoms with Crippen molar-refractivity contribution in [3.8, 4) is 0 Å². The summed E-state index contributed by atoms with van der Waals surface area (Å²) >= 11 is 0. The summed E-state index contributed by atoms with van der Waals surface area (Å²) in [7, 11) is -1.87. The Balaban J connectivity index is 2.98. The van der Waals surface area contributed by atoms with Crippen LogP contribution in [0.4, 0.5) is 5.82 Å². The van der Waals surface area contributed by atoms with Gasteiger partial charge >= 0.3 is 0 Å². The number of rotatable bonds is 5. The van der Waals surface area contributed by atoms with E-state index in [1.165, 1.54) is 4.68 Å². The second-order valence-electron chi connectivity index (χ2n) is 3.67. The predicted molar refractivity (Wildman–Crippen MR) is 62.5 cm³/mol. The van der Waals surface area contributed by atoms with E-state index >= 15 is 0 Å².